The first-order valence-corrected chi connectivity index (χ1v) is 6.46. The summed E-state index contributed by atoms with van der Waals surface area (Å²) in [6, 6.07) is 6.20. The average Bonchev–Trinajstić information content (AvgIpc) is 2.82. The standard InChI is InChI=1S/C13H14N2O4S/c14-12(20)8-1-3-9(4-2-8)19-7-11(16)15-10-5-6-18-13(10)17/h1-4,10H,5-7H2,(H2,14,20)(H,15,16). The quantitative estimate of drug-likeness (QED) is 0.592. The lowest BCUT2D eigenvalue weighted by atomic mass is 10.2. The molecule has 0 aliphatic carbocycles. The van der Waals surface area contributed by atoms with Gasteiger partial charge < -0.3 is 20.5 Å². The summed E-state index contributed by atoms with van der Waals surface area (Å²) in [6.07, 6.45) is 0.493. The zero-order valence-electron chi connectivity index (χ0n) is 10.6. The van der Waals surface area contributed by atoms with Crippen LogP contribution in [0.1, 0.15) is 12.0 Å². The van der Waals surface area contributed by atoms with Crippen molar-refractivity contribution in [2.45, 2.75) is 12.5 Å². The van der Waals surface area contributed by atoms with E-state index < -0.39 is 12.0 Å². The van der Waals surface area contributed by atoms with Crippen molar-refractivity contribution in [2.24, 2.45) is 5.73 Å². The molecule has 6 nitrogen and oxygen atoms in total. The first kappa shape index (κ1) is 14.3. The highest BCUT2D eigenvalue weighted by atomic mass is 32.1. The van der Waals surface area contributed by atoms with Crippen molar-refractivity contribution in [3.63, 3.8) is 0 Å². The predicted octanol–water partition coefficient (Wildman–Crippen LogP) is 0.131. The molecular weight excluding hydrogens is 280 g/mol. The van der Waals surface area contributed by atoms with Crippen LogP contribution in [0.15, 0.2) is 24.3 Å². The maximum absolute atomic E-state index is 11.6. The van der Waals surface area contributed by atoms with Crippen LogP contribution in [0.25, 0.3) is 0 Å². The number of hydrogen-bond acceptors (Lipinski definition) is 5. The van der Waals surface area contributed by atoms with E-state index in [1.54, 1.807) is 24.3 Å². The van der Waals surface area contributed by atoms with Gasteiger partial charge in [-0.2, -0.15) is 0 Å². The number of thiocarbonyl (C=S) groups is 1. The zero-order valence-corrected chi connectivity index (χ0v) is 11.4. The Bertz CT molecular complexity index is 530. The maximum Gasteiger partial charge on any atom is 0.328 e. The van der Waals surface area contributed by atoms with Crippen LogP contribution in [0.2, 0.25) is 0 Å². The number of hydrogen-bond donors (Lipinski definition) is 2. The van der Waals surface area contributed by atoms with Gasteiger partial charge in [0.1, 0.15) is 16.8 Å². The van der Waals surface area contributed by atoms with Gasteiger partial charge in [-0.05, 0) is 24.3 Å². The summed E-state index contributed by atoms with van der Waals surface area (Å²) in [4.78, 5) is 23.1. The van der Waals surface area contributed by atoms with E-state index in [-0.39, 0.29) is 12.5 Å². The van der Waals surface area contributed by atoms with Gasteiger partial charge in [0.2, 0.25) is 0 Å². The molecule has 0 spiro atoms. The molecule has 7 heteroatoms. The fraction of sp³-hybridized carbons (Fsp3) is 0.308. The number of nitrogens with two attached hydrogens (primary N) is 1. The summed E-state index contributed by atoms with van der Waals surface area (Å²) >= 11 is 4.83. The molecule has 1 unspecified atom stereocenters. The molecule has 0 bridgehead atoms. The van der Waals surface area contributed by atoms with Crippen LogP contribution in [-0.4, -0.2) is 36.1 Å². The molecule has 1 heterocycles. The van der Waals surface area contributed by atoms with Crippen LogP contribution in [0, 0.1) is 0 Å². The second-order valence-electron chi connectivity index (χ2n) is 4.25. The smallest absolute Gasteiger partial charge is 0.328 e. The van der Waals surface area contributed by atoms with Crippen molar-refractivity contribution in [1.82, 2.24) is 5.32 Å². The Kier molecular flexibility index (Phi) is 4.52. The third-order valence-corrected chi connectivity index (χ3v) is 3.02. The number of benzene rings is 1. The van der Waals surface area contributed by atoms with Crippen LogP contribution in [0.3, 0.4) is 0 Å². The summed E-state index contributed by atoms with van der Waals surface area (Å²) in [5, 5.41) is 2.55. The SMILES string of the molecule is NC(=S)c1ccc(OCC(=O)NC2CCOC2=O)cc1. The molecule has 2 rings (SSSR count). The summed E-state index contributed by atoms with van der Waals surface area (Å²) in [5.74, 6) is -0.249. The Morgan fingerprint density at radius 3 is 2.70 bits per heavy atom. The van der Waals surface area contributed by atoms with E-state index in [0.717, 1.165) is 5.56 Å². The largest absolute Gasteiger partial charge is 0.484 e. The van der Waals surface area contributed by atoms with Gasteiger partial charge in [0, 0.05) is 12.0 Å². The second kappa shape index (κ2) is 6.33. The lowest BCUT2D eigenvalue weighted by molar-refractivity contribution is -0.141. The molecule has 1 saturated heterocycles. The molecule has 1 aliphatic rings. The van der Waals surface area contributed by atoms with Gasteiger partial charge in [-0.25, -0.2) is 4.79 Å². The third-order valence-electron chi connectivity index (χ3n) is 2.78. The molecule has 1 aromatic carbocycles. The minimum atomic E-state index is -0.567. The summed E-state index contributed by atoms with van der Waals surface area (Å²) in [5.41, 5.74) is 6.20. The predicted molar refractivity (Wildman–Crippen MR) is 75.3 cm³/mol. The minimum absolute atomic E-state index is 0.170. The summed E-state index contributed by atoms with van der Waals surface area (Å²) < 4.78 is 10.0. The molecule has 0 saturated carbocycles. The van der Waals surface area contributed by atoms with E-state index in [0.29, 0.717) is 23.8 Å². The number of carbonyl (C=O) groups is 2. The Morgan fingerprint density at radius 2 is 2.15 bits per heavy atom. The average molecular weight is 294 g/mol. The fourth-order valence-electron chi connectivity index (χ4n) is 1.73. The molecular formula is C13H14N2O4S. The zero-order chi connectivity index (χ0) is 14.5. The van der Waals surface area contributed by atoms with E-state index in [9.17, 15) is 9.59 Å². The molecule has 106 valence electrons. The number of nitrogens with one attached hydrogen (secondary N) is 1. The van der Waals surface area contributed by atoms with E-state index in [1.807, 2.05) is 0 Å². The molecule has 1 fully saturated rings. The summed E-state index contributed by atoms with van der Waals surface area (Å²) in [7, 11) is 0. The molecule has 1 aromatic rings. The molecule has 1 aliphatic heterocycles. The lowest BCUT2D eigenvalue weighted by Gasteiger charge is -2.10. The Hall–Kier alpha value is -2.15. The van der Waals surface area contributed by atoms with Crippen LogP contribution in [0.5, 0.6) is 5.75 Å². The Balaban J connectivity index is 1.81. The lowest BCUT2D eigenvalue weighted by Crippen LogP contribution is -2.40. The van der Waals surface area contributed by atoms with Gasteiger partial charge in [0.05, 0.1) is 6.61 Å². The van der Waals surface area contributed by atoms with Gasteiger partial charge in [-0.1, -0.05) is 12.2 Å². The number of rotatable bonds is 5. The van der Waals surface area contributed by atoms with Crippen LogP contribution in [0.4, 0.5) is 0 Å². The van der Waals surface area contributed by atoms with Crippen molar-refractivity contribution in [1.29, 1.82) is 0 Å². The third kappa shape index (κ3) is 3.67. The minimum Gasteiger partial charge on any atom is -0.484 e. The number of ether oxygens (including phenoxy) is 2. The number of carbonyl (C=O) groups excluding carboxylic acids is 2. The van der Waals surface area contributed by atoms with Gasteiger partial charge in [-0.3, -0.25) is 4.79 Å². The highest BCUT2D eigenvalue weighted by molar-refractivity contribution is 7.80. The second-order valence-corrected chi connectivity index (χ2v) is 4.69. The number of amides is 1. The first-order chi connectivity index (χ1) is 9.56. The highest BCUT2D eigenvalue weighted by Gasteiger charge is 2.27. The van der Waals surface area contributed by atoms with Crippen molar-refractivity contribution in [3.05, 3.63) is 29.8 Å². The van der Waals surface area contributed by atoms with Crippen molar-refractivity contribution >= 4 is 29.1 Å². The topological polar surface area (TPSA) is 90.7 Å². The van der Waals surface area contributed by atoms with Crippen LogP contribution < -0.4 is 15.8 Å². The van der Waals surface area contributed by atoms with Crippen molar-refractivity contribution in [2.75, 3.05) is 13.2 Å². The van der Waals surface area contributed by atoms with Gasteiger partial charge in [-0.15, -0.1) is 0 Å². The van der Waals surface area contributed by atoms with E-state index in [4.69, 9.17) is 27.4 Å². The molecule has 20 heavy (non-hydrogen) atoms. The molecule has 0 aromatic heterocycles. The number of cyclic esters (lactones) is 1. The van der Waals surface area contributed by atoms with Gasteiger partial charge in [0.15, 0.2) is 6.61 Å². The normalized spacial score (nSPS) is 17.4. The van der Waals surface area contributed by atoms with Gasteiger partial charge >= 0.3 is 5.97 Å². The molecule has 1 atom stereocenters. The molecule has 0 radical (unpaired) electrons. The van der Waals surface area contributed by atoms with E-state index >= 15 is 0 Å². The Morgan fingerprint density at radius 1 is 1.45 bits per heavy atom. The van der Waals surface area contributed by atoms with Gasteiger partial charge in [0.25, 0.3) is 5.91 Å². The first-order valence-electron chi connectivity index (χ1n) is 6.05. The monoisotopic (exact) mass is 294 g/mol. The number of esters is 1. The van der Waals surface area contributed by atoms with Crippen molar-refractivity contribution in [3.8, 4) is 5.75 Å². The van der Waals surface area contributed by atoms with E-state index in [2.05, 4.69) is 5.32 Å². The Labute approximate surface area is 121 Å². The maximum atomic E-state index is 11.6. The fourth-order valence-corrected chi connectivity index (χ4v) is 1.86. The van der Waals surface area contributed by atoms with E-state index in [1.165, 1.54) is 0 Å². The summed E-state index contributed by atoms with van der Waals surface area (Å²) in [6.45, 7) is 0.168. The van der Waals surface area contributed by atoms with Crippen LogP contribution in [-0.2, 0) is 14.3 Å². The van der Waals surface area contributed by atoms with Crippen LogP contribution >= 0.6 is 12.2 Å². The van der Waals surface area contributed by atoms with Crippen molar-refractivity contribution < 1.29 is 19.1 Å². The highest BCUT2D eigenvalue weighted by Crippen LogP contribution is 2.12. The molecule has 1 amide bonds. The molecule has 3 N–H and O–H groups in total.